The number of carbonyl (C=O) groups is 2. The minimum absolute atomic E-state index is 0.0136. The number of fused-ring (bicyclic) bond motifs is 1. The van der Waals surface area contributed by atoms with Crippen LogP contribution < -0.4 is 19.7 Å². The van der Waals surface area contributed by atoms with Crippen molar-refractivity contribution in [1.29, 1.82) is 0 Å². The van der Waals surface area contributed by atoms with Crippen molar-refractivity contribution in [2.75, 3.05) is 24.4 Å². The first-order valence-electron chi connectivity index (χ1n) is 10.7. The van der Waals surface area contributed by atoms with E-state index in [0.717, 1.165) is 0 Å². The summed E-state index contributed by atoms with van der Waals surface area (Å²) >= 11 is 0. The van der Waals surface area contributed by atoms with E-state index >= 15 is 0 Å². The number of ether oxygens (including phenoxy) is 2. The number of hydrogen-bond acceptors (Lipinski definition) is 5. The number of methoxy groups -OCH3 is 2. The number of nitrogens with zero attached hydrogens (tertiary/aromatic N) is 1. The monoisotopic (exact) mass is 474 g/mol. The van der Waals surface area contributed by atoms with Gasteiger partial charge in [0.05, 0.1) is 31.6 Å². The molecule has 6 nitrogen and oxygen atoms in total. The molecule has 4 rings (SSSR count). The second-order valence-electron chi connectivity index (χ2n) is 9.13. The van der Waals surface area contributed by atoms with Crippen molar-refractivity contribution >= 4 is 23.1 Å². The maximum Gasteiger partial charge on any atom is 0.471 e. The Hall–Kier alpha value is -3.49. The number of halogens is 3. The highest BCUT2D eigenvalue weighted by Crippen LogP contribution is 2.51. The van der Waals surface area contributed by atoms with E-state index in [1.165, 1.54) is 20.3 Å². The van der Waals surface area contributed by atoms with Crippen molar-refractivity contribution in [1.82, 2.24) is 0 Å². The highest BCUT2D eigenvalue weighted by molar-refractivity contribution is 6.07. The summed E-state index contributed by atoms with van der Waals surface area (Å²) in [6.07, 6.45) is -4.64. The van der Waals surface area contributed by atoms with Gasteiger partial charge >= 0.3 is 12.1 Å². The van der Waals surface area contributed by atoms with Gasteiger partial charge < -0.3 is 14.8 Å². The van der Waals surface area contributed by atoms with Gasteiger partial charge in [-0.2, -0.15) is 13.2 Å². The first-order valence-corrected chi connectivity index (χ1v) is 10.7. The van der Waals surface area contributed by atoms with E-state index in [1.807, 2.05) is 13.8 Å². The molecule has 1 aliphatic carbocycles. The molecule has 0 aromatic heterocycles. The number of para-hydroxylation sites is 3. The Labute approximate surface area is 195 Å². The molecule has 1 amide bonds. The van der Waals surface area contributed by atoms with Crippen LogP contribution in [0, 0.1) is 5.41 Å². The lowest BCUT2D eigenvalue weighted by atomic mass is 9.73. The van der Waals surface area contributed by atoms with Crippen LogP contribution in [0.5, 0.6) is 11.5 Å². The van der Waals surface area contributed by atoms with E-state index < -0.39 is 23.5 Å². The SMILES string of the molecule is COc1cccc(C2C3=C(CC(C)(C)CC3=O)Nc3ccccc3N2C(=O)C(F)(F)F)c1OC. The zero-order chi connectivity index (χ0) is 24.8. The Bertz CT molecular complexity index is 1190. The highest BCUT2D eigenvalue weighted by Gasteiger charge is 2.51. The molecule has 0 bridgehead atoms. The molecule has 0 saturated carbocycles. The van der Waals surface area contributed by atoms with Gasteiger partial charge in [-0.1, -0.05) is 38.1 Å². The van der Waals surface area contributed by atoms with E-state index in [4.69, 9.17) is 9.47 Å². The van der Waals surface area contributed by atoms with Crippen LogP contribution in [0.3, 0.4) is 0 Å². The fourth-order valence-corrected chi connectivity index (χ4v) is 4.77. The molecular formula is C25H25F3N2O4. The predicted octanol–water partition coefficient (Wildman–Crippen LogP) is 5.41. The van der Waals surface area contributed by atoms with Gasteiger partial charge in [-0.15, -0.1) is 0 Å². The van der Waals surface area contributed by atoms with Crippen LogP contribution >= 0.6 is 0 Å². The summed E-state index contributed by atoms with van der Waals surface area (Å²) in [6.45, 7) is 3.85. The molecule has 0 saturated heterocycles. The number of Topliss-reactive ketones (excluding diaryl/α,β-unsaturated/α-hetero) is 1. The normalized spacial score (nSPS) is 19.6. The van der Waals surface area contributed by atoms with E-state index in [1.54, 1.807) is 36.4 Å². The average molecular weight is 474 g/mol. The lowest BCUT2D eigenvalue weighted by Crippen LogP contribution is -2.45. The second kappa shape index (κ2) is 8.38. The Morgan fingerprint density at radius 1 is 1.06 bits per heavy atom. The molecule has 0 fully saturated rings. The van der Waals surface area contributed by atoms with Gasteiger partial charge in [0.2, 0.25) is 0 Å². The Kier molecular flexibility index (Phi) is 5.83. The molecule has 1 atom stereocenters. The lowest BCUT2D eigenvalue weighted by Gasteiger charge is -2.37. The van der Waals surface area contributed by atoms with Gasteiger partial charge in [-0.25, -0.2) is 0 Å². The number of alkyl halides is 3. The third-order valence-electron chi connectivity index (χ3n) is 6.09. The fourth-order valence-electron chi connectivity index (χ4n) is 4.77. The third-order valence-corrected chi connectivity index (χ3v) is 6.09. The fraction of sp³-hybridized carbons (Fsp3) is 0.360. The molecule has 0 spiro atoms. The van der Waals surface area contributed by atoms with Crippen molar-refractivity contribution in [3.05, 3.63) is 59.3 Å². The maximum absolute atomic E-state index is 14.0. The molecule has 1 aliphatic heterocycles. The standard InChI is InChI=1S/C25H25F3N2O4/c1-24(2)12-16-20(18(31)13-24)21(14-8-7-11-19(33-3)22(14)34-4)30(23(32)25(26,27)28)17-10-6-5-9-15(17)29-16/h5-11,21,29H,12-13H2,1-4H3. The topological polar surface area (TPSA) is 67.9 Å². The summed E-state index contributed by atoms with van der Waals surface area (Å²) in [4.78, 5) is 27.1. The molecule has 180 valence electrons. The Morgan fingerprint density at radius 3 is 2.41 bits per heavy atom. The minimum atomic E-state index is -5.18. The molecule has 2 aliphatic rings. The van der Waals surface area contributed by atoms with Gasteiger partial charge in [0.25, 0.3) is 0 Å². The van der Waals surface area contributed by atoms with Crippen LogP contribution in [0.2, 0.25) is 0 Å². The number of carbonyl (C=O) groups excluding carboxylic acids is 2. The van der Waals surface area contributed by atoms with E-state index in [2.05, 4.69) is 5.32 Å². The van der Waals surface area contributed by atoms with Gasteiger partial charge in [0.1, 0.15) is 0 Å². The number of anilines is 2. The molecule has 9 heteroatoms. The van der Waals surface area contributed by atoms with E-state index in [0.29, 0.717) is 22.7 Å². The average Bonchev–Trinajstić information content (AvgIpc) is 2.90. The second-order valence-corrected chi connectivity index (χ2v) is 9.13. The van der Waals surface area contributed by atoms with Gasteiger partial charge in [-0.05, 0) is 30.0 Å². The largest absolute Gasteiger partial charge is 0.493 e. The molecule has 1 unspecified atom stereocenters. The van der Waals surface area contributed by atoms with Gasteiger partial charge in [0.15, 0.2) is 17.3 Å². The molecule has 34 heavy (non-hydrogen) atoms. The molecule has 2 aromatic carbocycles. The number of allylic oxidation sites excluding steroid dienone is 1. The first kappa shape index (κ1) is 23.7. The zero-order valence-corrected chi connectivity index (χ0v) is 19.2. The van der Waals surface area contributed by atoms with Crippen LogP contribution in [0.15, 0.2) is 53.7 Å². The lowest BCUT2D eigenvalue weighted by molar-refractivity contribution is -0.170. The number of benzene rings is 2. The van der Waals surface area contributed by atoms with Crippen molar-refractivity contribution in [2.24, 2.45) is 5.41 Å². The summed E-state index contributed by atoms with van der Waals surface area (Å²) < 4.78 is 52.7. The smallest absolute Gasteiger partial charge is 0.471 e. The third kappa shape index (κ3) is 3.99. The number of nitrogens with one attached hydrogen (secondary N) is 1. The maximum atomic E-state index is 14.0. The number of amides is 1. The van der Waals surface area contributed by atoms with Crippen LogP contribution in [0.25, 0.3) is 0 Å². The van der Waals surface area contributed by atoms with Crippen molar-refractivity contribution in [2.45, 2.75) is 38.9 Å². The molecule has 1 N–H and O–H groups in total. The highest BCUT2D eigenvalue weighted by atomic mass is 19.4. The summed E-state index contributed by atoms with van der Waals surface area (Å²) in [6, 6.07) is 9.59. The summed E-state index contributed by atoms with van der Waals surface area (Å²) in [7, 11) is 2.77. The van der Waals surface area contributed by atoms with Gasteiger partial charge in [-0.3, -0.25) is 14.5 Å². The Morgan fingerprint density at radius 2 is 1.76 bits per heavy atom. The molecular weight excluding hydrogens is 449 g/mol. The summed E-state index contributed by atoms with van der Waals surface area (Å²) in [5.74, 6) is -1.99. The molecule has 2 aromatic rings. The first-order chi connectivity index (χ1) is 16.0. The van der Waals surface area contributed by atoms with Crippen LogP contribution in [0.1, 0.15) is 38.3 Å². The number of ketones is 1. The predicted molar refractivity (Wildman–Crippen MR) is 121 cm³/mol. The van der Waals surface area contributed by atoms with E-state index in [-0.39, 0.29) is 40.5 Å². The summed E-state index contributed by atoms with van der Waals surface area (Å²) in [5.41, 5.74) is 0.728. The molecule has 1 heterocycles. The van der Waals surface area contributed by atoms with Crippen LogP contribution in [0.4, 0.5) is 24.5 Å². The van der Waals surface area contributed by atoms with Gasteiger partial charge in [0, 0.05) is 23.3 Å². The van der Waals surface area contributed by atoms with Crippen molar-refractivity contribution < 1.29 is 32.2 Å². The zero-order valence-electron chi connectivity index (χ0n) is 19.2. The number of hydrogen-bond donors (Lipinski definition) is 1. The van der Waals surface area contributed by atoms with Crippen LogP contribution in [-0.4, -0.2) is 32.1 Å². The van der Waals surface area contributed by atoms with Crippen LogP contribution in [-0.2, 0) is 9.59 Å². The quantitative estimate of drug-likeness (QED) is 0.645. The van der Waals surface area contributed by atoms with E-state index in [9.17, 15) is 22.8 Å². The molecule has 0 radical (unpaired) electrons. The Balaban J connectivity index is 2.10. The summed E-state index contributed by atoms with van der Waals surface area (Å²) in [5, 5.41) is 3.18. The van der Waals surface area contributed by atoms with Crippen molar-refractivity contribution in [3.63, 3.8) is 0 Å². The number of rotatable bonds is 3. The minimum Gasteiger partial charge on any atom is -0.493 e. The van der Waals surface area contributed by atoms with Crippen molar-refractivity contribution in [3.8, 4) is 11.5 Å².